The van der Waals surface area contributed by atoms with Crippen molar-refractivity contribution < 1.29 is 18.0 Å². The predicted octanol–water partition coefficient (Wildman–Crippen LogP) is 5.13. The first-order valence-corrected chi connectivity index (χ1v) is 10.0. The Morgan fingerprint density at radius 2 is 2.00 bits per heavy atom. The second-order valence-corrected chi connectivity index (χ2v) is 8.22. The second-order valence-electron chi connectivity index (χ2n) is 8.22. The Morgan fingerprint density at radius 3 is 2.68 bits per heavy atom. The van der Waals surface area contributed by atoms with Gasteiger partial charge in [0.05, 0.1) is 11.8 Å². The maximum Gasteiger partial charge on any atom is 0.220 e. The van der Waals surface area contributed by atoms with E-state index in [4.69, 9.17) is 4.42 Å². The molecule has 3 atom stereocenters. The molecule has 152 valence electrons. The molecule has 28 heavy (non-hydrogen) atoms. The molecule has 2 aromatic rings. The van der Waals surface area contributed by atoms with Crippen LogP contribution in [0.1, 0.15) is 52.3 Å². The Bertz CT molecular complexity index is 798. The summed E-state index contributed by atoms with van der Waals surface area (Å²) in [5.74, 6) is 0.530. The molecule has 1 aromatic carbocycles. The Balaban J connectivity index is 1.59. The molecule has 6 heteroatoms. The van der Waals surface area contributed by atoms with Crippen LogP contribution >= 0.6 is 0 Å². The molecule has 0 radical (unpaired) electrons. The maximum atomic E-state index is 13.9. The molecule has 1 heterocycles. The van der Waals surface area contributed by atoms with Crippen molar-refractivity contribution in [2.75, 3.05) is 0 Å². The number of hydrogen-bond donors (Lipinski definition) is 1. The molecule has 0 aliphatic heterocycles. The predicted molar refractivity (Wildman–Crippen MR) is 103 cm³/mol. The van der Waals surface area contributed by atoms with E-state index in [1.54, 1.807) is 0 Å². The summed E-state index contributed by atoms with van der Waals surface area (Å²) in [5, 5.41) is 3.18. The molecule has 1 aliphatic carbocycles. The number of rotatable bonds is 6. The van der Waals surface area contributed by atoms with Crippen molar-refractivity contribution in [2.24, 2.45) is 17.8 Å². The van der Waals surface area contributed by atoms with Crippen LogP contribution in [0.4, 0.5) is 8.78 Å². The highest BCUT2D eigenvalue weighted by molar-refractivity contribution is 5.76. The molecule has 1 N–H and O–H groups in total. The minimum absolute atomic E-state index is 0.0342. The molecular weight excluding hydrogens is 362 g/mol. The van der Waals surface area contributed by atoms with Crippen LogP contribution in [0.25, 0.3) is 11.3 Å². The third-order valence-corrected chi connectivity index (χ3v) is 5.70. The first-order valence-electron chi connectivity index (χ1n) is 10.0. The number of carbonyl (C=O) groups is 1. The topological polar surface area (TPSA) is 55.1 Å². The van der Waals surface area contributed by atoms with Gasteiger partial charge >= 0.3 is 0 Å². The molecule has 0 saturated heterocycles. The standard InChI is InChI=1S/C22H28F2N2O2/c1-13(2)15-8-7-14(3)11-18(15)26-20(27)9-10-21-25-12-19(28-21)22-16(23)5-4-6-17(22)24/h4-6,12-15,18H,7-11H2,1-3H3,(H,26,27)/t14-,15-,18+/m1/s1. The van der Waals surface area contributed by atoms with Crippen LogP contribution in [0.2, 0.25) is 0 Å². The summed E-state index contributed by atoms with van der Waals surface area (Å²) in [4.78, 5) is 16.5. The van der Waals surface area contributed by atoms with Gasteiger partial charge in [-0.1, -0.05) is 33.3 Å². The number of nitrogens with one attached hydrogen (secondary N) is 1. The third kappa shape index (κ3) is 4.78. The lowest BCUT2D eigenvalue weighted by atomic mass is 9.74. The van der Waals surface area contributed by atoms with Crippen molar-refractivity contribution in [2.45, 2.75) is 58.9 Å². The normalized spacial score (nSPS) is 22.4. The average molecular weight is 390 g/mol. The summed E-state index contributed by atoms with van der Waals surface area (Å²) in [6.07, 6.45) is 5.17. The summed E-state index contributed by atoms with van der Waals surface area (Å²) in [5.41, 5.74) is -0.235. The SMILES string of the molecule is CC(C)[C@H]1CC[C@@H](C)C[C@@H]1NC(=O)CCc1ncc(-c2c(F)cccc2F)o1. The van der Waals surface area contributed by atoms with Crippen LogP contribution < -0.4 is 5.32 Å². The Labute approximate surface area is 164 Å². The second kappa shape index (κ2) is 8.84. The summed E-state index contributed by atoms with van der Waals surface area (Å²) in [7, 11) is 0. The Kier molecular flexibility index (Phi) is 6.47. The van der Waals surface area contributed by atoms with Gasteiger partial charge in [0, 0.05) is 18.9 Å². The van der Waals surface area contributed by atoms with Gasteiger partial charge in [-0.15, -0.1) is 0 Å². The van der Waals surface area contributed by atoms with Crippen molar-refractivity contribution in [1.29, 1.82) is 0 Å². The highest BCUT2D eigenvalue weighted by Gasteiger charge is 2.31. The molecule has 0 bridgehead atoms. The molecule has 1 fully saturated rings. The van der Waals surface area contributed by atoms with E-state index in [1.165, 1.54) is 30.8 Å². The fourth-order valence-corrected chi connectivity index (χ4v) is 4.14. The highest BCUT2D eigenvalue weighted by atomic mass is 19.1. The summed E-state index contributed by atoms with van der Waals surface area (Å²) in [6, 6.07) is 3.84. The van der Waals surface area contributed by atoms with Gasteiger partial charge in [-0.05, 0) is 42.7 Å². The van der Waals surface area contributed by atoms with E-state index >= 15 is 0 Å². The van der Waals surface area contributed by atoms with Gasteiger partial charge in [-0.3, -0.25) is 4.79 Å². The van der Waals surface area contributed by atoms with Crippen molar-refractivity contribution >= 4 is 5.91 Å². The highest BCUT2D eigenvalue weighted by Crippen LogP contribution is 2.33. The number of amides is 1. The molecule has 0 unspecified atom stereocenters. The van der Waals surface area contributed by atoms with E-state index in [2.05, 4.69) is 31.1 Å². The molecular formula is C22H28F2N2O2. The van der Waals surface area contributed by atoms with Gasteiger partial charge < -0.3 is 9.73 Å². The van der Waals surface area contributed by atoms with E-state index in [1.807, 2.05) is 0 Å². The number of aryl methyl sites for hydroxylation is 1. The lowest BCUT2D eigenvalue weighted by Crippen LogP contribution is -2.45. The van der Waals surface area contributed by atoms with Gasteiger partial charge in [0.2, 0.25) is 5.91 Å². The summed E-state index contributed by atoms with van der Waals surface area (Å²) in [6.45, 7) is 6.64. The van der Waals surface area contributed by atoms with E-state index < -0.39 is 11.6 Å². The number of carbonyl (C=O) groups excluding carboxylic acids is 1. The monoisotopic (exact) mass is 390 g/mol. The summed E-state index contributed by atoms with van der Waals surface area (Å²) >= 11 is 0. The van der Waals surface area contributed by atoms with Crippen LogP contribution in [0.15, 0.2) is 28.8 Å². The molecule has 1 amide bonds. The third-order valence-electron chi connectivity index (χ3n) is 5.70. The molecule has 1 saturated carbocycles. The Morgan fingerprint density at radius 1 is 1.29 bits per heavy atom. The van der Waals surface area contributed by atoms with Crippen LogP contribution in [-0.4, -0.2) is 16.9 Å². The first kappa shape index (κ1) is 20.5. The van der Waals surface area contributed by atoms with E-state index in [0.29, 0.717) is 23.6 Å². The zero-order valence-electron chi connectivity index (χ0n) is 16.7. The van der Waals surface area contributed by atoms with Crippen LogP contribution in [0.3, 0.4) is 0 Å². The van der Waals surface area contributed by atoms with Gasteiger partial charge in [0.15, 0.2) is 11.7 Å². The van der Waals surface area contributed by atoms with Gasteiger partial charge in [-0.2, -0.15) is 0 Å². The van der Waals surface area contributed by atoms with Crippen molar-refractivity contribution in [3.63, 3.8) is 0 Å². The molecule has 1 aromatic heterocycles. The van der Waals surface area contributed by atoms with Gasteiger partial charge in [0.1, 0.15) is 11.6 Å². The minimum atomic E-state index is -0.702. The van der Waals surface area contributed by atoms with E-state index in [0.717, 1.165) is 12.8 Å². The molecule has 0 spiro atoms. The number of nitrogens with zero attached hydrogens (tertiary/aromatic N) is 1. The van der Waals surface area contributed by atoms with E-state index in [9.17, 15) is 13.6 Å². The van der Waals surface area contributed by atoms with Crippen molar-refractivity contribution in [3.05, 3.63) is 41.9 Å². The Hall–Kier alpha value is -2.24. The van der Waals surface area contributed by atoms with Crippen LogP contribution in [0.5, 0.6) is 0 Å². The van der Waals surface area contributed by atoms with Crippen molar-refractivity contribution in [1.82, 2.24) is 10.3 Å². The van der Waals surface area contributed by atoms with Crippen molar-refractivity contribution in [3.8, 4) is 11.3 Å². The summed E-state index contributed by atoms with van der Waals surface area (Å²) < 4.78 is 33.2. The van der Waals surface area contributed by atoms with Crippen LogP contribution in [0, 0.1) is 29.4 Å². The largest absolute Gasteiger partial charge is 0.441 e. The number of hydrogen-bond acceptors (Lipinski definition) is 3. The lowest BCUT2D eigenvalue weighted by Gasteiger charge is -2.37. The molecule has 3 rings (SSSR count). The minimum Gasteiger partial charge on any atom is -0.441 e. The number of benzene rings is 1. The zero-order chi connectivity index (χ0) is 20.3. The van der Waals surface area contributed by atoms with Crippen LogP contribution in [-0.2, 0) is 11.2 Å². The zero-order valence-corrected chi connectivity index (χ0v) is 16.7. The average Bonchev–Trinajstić information content (AvgIpc) is 3.08. The number of aromatic nitrogens is 1. The molecule has 1 aliphatic rings. The quantitative estimate of drug-likeness (QED) is 0.744. The van der Waals surface area contributed by atoms with Gasteiger partial charge in [0.25, 0.3) is 0 Å². The molecule has 4 nitrogen and oxygen atoms in total. The smallest absolute Gasteiger partial charge is 0.220 e. The van der Waals surface area contributed by atoms with Gasteiger partial charge in [-0.25, -0.2) is 13.8 Å². The van der Waals surface area contributed by atoms with E-state index in [-0.39, 0.29) is 36.1 Å². The number of halogens is 2. The fraction of sp³-hybridized carbons (Fsp3) is 0.545. The first-order chi connectivity index (χ1) is 13.3. The fourth-order valence-electron chi connectivity index (χ4n) is 4.14. The number of oxazole rings is 1. The lowest BCUT2D eigenvalue weighted by molar-refractivity contribution is -0.122. The maximum absolute atomic E-state index is 13.9.